The maximum Gasteiger partial charge on any atom is 0.139 e. The summed E-state index contributed by atoms with van der Waals surface area (Å²) < 4.78 is 5.51. The molecule has 3 rings (SSSR count). The Kier molecular flexibility index (Phi) is 4.17. The molecule has 2 aromatic rings. The zero-order chi connectivity index (χ0) is 16.6. The summed E-state index contributed by atoms with van der Waals surface area (Å²) in [6.07, 6.45) is 0.804. The Morgan fingerprint density at radius 3 is 2.74 bits per heavy atom. The first-order valence-electron chi connectivity index (χ1n) is 8.11. The van der Waals surface area contributed by atoms with Gasteiger partial charge in [-0.2, -0.15) is 0 Å². The van der Waals surface area contributed by atoms with Gasteiger partial charge in [0.2, 0.25) is 0 Å². The highest BCUT2D eigenvalue weighted by Crippen LogP contribution is 2.50. The molecule has 0 spiro atoms. The van der Waals surface area contributed by atoms with Crippen LogP contribution in [0.25, 0.3) is 0 Å². The van der Waals surface area contributed by atoms with E-state index in [0.29, 0.717) is 0 Å². The van der Waals surface area contributed by atoms with Gasteiger partial charge >= 0.3 is 0 Å². The first kappa shape index (κ1) is 16.0. The summed E-state index contributed by atoms with van der Waals surface area (Å²) in [4.78, 5) is 2.15. The van der Waals surface area contributed by atoms with Crippen LogP contribution in [0.3, 0.4) is 0 Å². The molecule has 1 aliphatic rings. The lowest BCUT2D eigenvalue weighted by molar-refractivity contribution is 0.192. The van der Waals surface area contributed by atoms with Crippen molar-refractivity contribution >= 4 is 5.69 Å². The quantitative estimate of drug-likeness (QED) is 0.888. The molecule has 0 saturated carbocycles. The smallest absolute Gasteiger partial charge is 0.139 e. The Labute approximate surface area is 137 Å². The van der Waals surface area contributed by atoms with Gasteiger partial charge in [0, 0.05) is 23.7 Å². The lowest BCUT2D eigenvalue weighted by Gasteiger charge is -2.38. The molecular weight excluding hydrogens is 290 g/mol. The molecule has 0 radical (unpaired) electrons. The third-order valence-electron chi connectivity index (χ3n) is 4.75. The molecule has 1 aliphatic heterocycles. The van der Waals surface area contributed by atoms with Gasteiger partial charge in [-0.25, -0.2) is 0 Å². The van der Waals surface area contributed by atoms with Gasteiger partial charge in [-0.15, -0.1) is 0 Å². The molecule has 0 fully saturated rings. The van der Waals surface area contributed by atoms with Gasteiger partial charge in [0.15, 0.2) is 0 Å². The van der Waals surface area contributed by atoms with E-state index >= 15 is 0 Å². The topological polar surface area (TPSA) is 61.5 Å². The minimum absolute atomic E-state index is 0.0375. The Hall–Kier alpha value is -1.85. The SMILES string of the molecule is CCc1noc(C)c1C1(CN(C)C)Nc2ccccc2C1CO. The van der Waals surface area contributed by atoms with Crippen LogP contribution >= 0.6 is 0 Å². The predicted molar refractivity (Wildman–Crippen MR) is 90.7 cm³/mol. The van der Waals surface area contributed by atoms with E-state index in [1.165, 1.54) is 0 Å². The molecule has 1 aromatic carbocycles. The number of likely N-dealkylation sites (N-methyl/N-ethyl adjacent to an activating group) is 1. The normalized spacial score (nSPS) is 23.1. The number of aliphatic hydroxyl groups is 1. The van der Waals surface area contributed by atoms with Crippen molar-refractivity contribution < 1.29 is 9.63 Å². The molecule has 2 atom stereocenters. The van der Waals surface area contributed by atoms with Crippen LogP contribution < -0.4 is 5.32 Å². The summed E-state index contributed by atoms with van der Waals surface area (Å²) in [5, 5.41) is 18.1. The third-order valence-corrected chi connectivity index (χ3v) is 4.75. The van der Waals surface area contributed by atoms with Gasteiger partial charge in [-0.3, -0.25) is 0 Å². The highest BCUT2D eigenvalue weighted by molar-refractivity contribution is 5.64. The van der Waals surface area contributed by atoms with Gasteiger partial charge in [0.25, 0.3) is 0 Å². The molecular formula is C18H25N3O2. The fraction of sp³-hybridized carbons (Fsp3) is 0.500. The van der Waals surface area contributed by atoms with Gasteiger partial charge in [0.05, 0.1) is 17.8 Å². The van der Waals surface area contributed by atoms with Crippen LogP contribution in [0, 0.1) is 6.92 Å². The fourth-order valence-electron chi connectivity index (χ4n) is 3.96. The van der Waals surface area contributed by atoms with Crippen LogP contribution in [0.5, 0.6) is 0 Å². The predicted octanol–water partition coefficient (Wildman–Crippen LogP) is 2.50. The highest BCUT2D eigenvalue weighted by atomic mass is 16.5. The third kappa shape index (κ3) is 2.44. The van der Waals surface area contributed by atoms with E-state index in [2.05, 4.69) is 48.5 Å². The summed E-state index contributed by atoms with van der Waals surface area (Å²) in [7, 11) is 4.10. The number of fused-ring (bicyclic) bond motifs is 1. The van der Waals surface area contributed by atoms with Crippen LogP contribution in [0.2, 0.25) is 0 Å². The first-order valence-corrected chi connectivity index (χ1v) is 8.11. The van der Waals surface area contributed by atoms with Gasteiger partial charge in [0.1, 0.15) is 5.76 Å². The average Bonchev–Trinajstić information content (AvgIpc) is 3.04. The van der Waals surface area contributed by atoms with E-state index in [9.17, 15) is 5.11 Å². The van der Waals surface area contributed by atoms with Crippen LogP contribution in [-0.2, 0) is 12.0 Å². The molecule has 2 N–H and O–H groups in total. The van der Waals surface area contributed by atoms with Crippen LogP contribution in [0.15, 0.2) is 28.8 Å². The Bertz CT molecular complexity index is 695. The summed E-state index contributed by atoms with van der Waals surface area (Å²) in [6.45, 7) is 4.87. The minimum Gasteiger partial charge on any atom is -0.396 e. The van der Waals surface area contributed by atoms with Crippen molar-refractivity contribution in [3.63, 3.8) is 0 Å². The number of rotatable bonds is 5. The molecule has 5 nitrogen and oxygen atoms in total. The second kappa shape index (κ2) is 5.98. The second-order valence-corrected chi connectivity index (χ2v) is 6.57. The average molecular weight is 315 g/mol. The summed E-state index contributed by atoms with van der Waals surface area (Å²) >= 11 is 0. The number of nitrogens with one attached hydrogen (secondary N) is 1. The van der Waals surface area contributed by atoms with Crippen molar-refractivity contribution in [1.29, 1.82) is 0 Å². The number of aryl methyl sites for hydroxylation is 2. The van der Waals surface area contributed by atoms with E-state index in [1.54, 1.807) is 0 Å². The molecule has 2 unspecified atom stereocenters. The van der Waals surface area contributed by atoms with E-state index in [0.717, 1.165) is 41.2 Å². The van der Waals surface area contributed by atoms with Crippen molar-refractivity contribution in [3.05, 3.63) is 46.8 Å². The van der Waals surface area contributed by atoms with Crippen molar-refractivity contribution in [2.45, 2.75) is 31.7 Å². The van der Waals surface area contributed by atoms with Crippen LogP contribution in [0.4, 0.5) is 5.69 Å². The number of aromatic nitrogens is 1. The number of hydrogen-bond donors (Lipinski definition) is 2. The van der Waals surface area contributed by atoms with Gasteiger partial charge in [-0.1, -0.05) is 30.3 Å². The maximum atomic E-state index is 10.2. The van der Waals surface area contributed by atoms with Crippen molar-refractivity contribution in [1.82, 2.24) is 10.1 Å². The largest absolute Gasteiger partial charge is 0.396 e. The van der Waals surface area contributed by atoms with Crippen molar-refractivity contribution in [2.75, 3.05) is 32.6 Å². The number of nitrogens with zero attached hydrogens (tertiary/aromatic N) is 2. The lowest BCUT2D eigenvalue weighted by Crippen LogP contribution is -2.47. The number of hydrogen-bond acceptors (Lipinski definition) is 5. The Morgan fingerprint density at radius 1 is 1.35 bits per heavy atom. The standard InChI is InChI=1S/C18H25N3O2/c1-5-15-17(12(2)23-20-15)18(11-21(3)4)14(10-22)13-8-6-7-9-16(13)19-18/h6-9,14,19,22H,5,10-11H2,1-4H3. The first-order chi connectivity index (χ1) is 11.0. The second-order valence-electron chi connectivity index (χ2n) is 6.57. The summed E-state index contributed by atoms with van der Waals surface area (Å²) in [6, 6.07) is 8.21. The molecule has 0 amide bonds. The minimum atomic E-state index is -0.433. The van der Waals surface area contributed by atoms with Crippen LogP contribution in [0.1, 0.15) is 35.4 Å². The van der Waals surface area contributed by atoms with Gasteiger partial charge in [-0.05, 0) is 39.1 Å². The van der Waals surface area contributed by atoms with E-state index in [4.69, 9.17) is 4.52 Å². The van der Waals surface area contributed by atoms with E-state index < -0.39 is 5.54 Å². The summed E-state index contributed by atoms with van der Waals surface area (Å²) in [5.41, 5.74) is 3.85. The van der Waals surface area contributed by atoms with E-state index in [1.807, 2.05) is 19.1 Å². The molecule has 0 bridgehead atoms. The van der Waals surface area contributed by atoms with Crippen LogP contribution in [-0.4, -0.2) is 42.4 Å². The fourth-order valence-corrected chi connectivity index (χ4v) is 3.96. The molecule has 5 heteroatoms. The maximum absolute atomic E-state index is 10.2. The number of anilines is 1. The number of aliphatic hydroxyl groups excluding tert-OH is 1. The van der Waals surface area contributed by atoms with Crippen molar-refractivity contribution in [3.8, 4) is 0 Å². The molecule has 0 saturated heterocycles. The van der Waals surface area contributed by atoms with Crippen molar-refractivity contribution in [2.24, 2.45) is 0 Å². The molecule has 2 heterocycles. The highest BCUT2D eigenvalue weighted by Gasteiger charge is 2.50. The zero-order valence-electron chi connectivity index (χ0n) is 14.3. The zero-order valence-corrected chi connectivity index (χ0v) is 14.3. The number of benzene rings is 1. The molecule has 0 aliphatic carbocycles. The molecule has 124 valence electrons. The number of para-hydroxylation sites is 1. The molecule has 1 aromatic heterocycles. The molecule has 23 heavy (non-hydrogen) atoms. The van der Waals surface area contributed by atoms with E-state index in [-0.39, 0.29) is 12.5 Å². The van der Waals surface area contributed by atoms with Gasteiger partial charge < -0.3 is 19.8 Å². The monoisotopic (exact) mass is 315 g/mol. The lowest BCUT2D eigenvalue weighted by atomic mass is 9.76. The summed E-state index contributed by atoms with van der Waals surface area (Å²) in [5.74, 6) is 0.784. The Morgan fingerprint density at radius 2 is 2.09 bits per heavy atom. The Balaban J connectivity index is 2.21.